The Labute approximate surface area is 117 Å². The van der Waals surface area contributed by atoms with Crippen LogP contribution < -0.4 is 10.6 Å². The molecule has 3 nitrogen and oxygen atoms in total. The van der Waals surface area contributed by atoms with Gasteiger partial charge in [-0.05, 0) is 53.9 Å². The molecule has 0 radical (unpaired) electrons. The van der Waals surface area contributed by atoms with Crippen LogP contribution in [0.25, 0.3) is 0 Å². The van der Waals surface area contributed by atoms with Gasteiger partial charge in [-0.2, -0.15) is 11.3 Å². The van der Waals surface area contributed by atoms with Crippen molar-refractivity contribution in [3.8, 4) is 0 Å². The lowest BCUT2D eigenvalue weighted by Crippen LogP contribution is -2.22. The van der Waals surface area contributed by atoms with E-state index in [1.807, 2.05) is 32.0 Å². The predicted octanol–water partition coefficient (Wildman–Crippen LogP) is 3.42. The summed E-state index contributed by atoms with van der Waals surface area (Å²) in [6, 6.07) is 7.84. The fourth-order valence-corrected chi connectivity index (χ4v) is 2.48. The summed E-state index contributed by atoms with van der Waals surface area (Å²) in [5, 5.41) is 10.4. The Kier molecular flexibility index (Phi) is 4.58. The second-order valence-electron chi connectivity index (χ2n) is 4.37. The largest absolute Gasteiger partial charge is 0.381 e. The highest BCUT2D eigenvalue weighted by molar-refractivity contribution is 7.07. The van der Waals surface area contributed by atoms with Gasteiger partial charge in [0.2, 0.25) is 0 Å². The lowest BCUT2D eigenvalue weighted by atomic mass is 10.1. The summed E-state index contributed by atoms with van der Waals surface area (Å²) < 4.78 is 0. The van der Waals surface area contributed by atoms with Crippen LogP contribution >= 0.6 is 11.3 Å². The van der Waals surface area contributed by atoms with E-state index < -0.39 is 0 Å². The number of benzene rings is 1. The minimum Gasteiger partial charge on any atom is -0.381 e. The molecule has 0 bridgehead atoms. The van der Waals surface area contributed by atoms with Crippen molar-refractivity contribution in [3.63, 3.8) is 0 Å². The van der Waals surface area contributed by atoms with Gasteiger partial charge in [0, 0.05) is 24.3 Å². The van der Waals surface area contributed by atoms with Crippen molar-refractivity contribution >= 4 is 22.9 Å². The Bertz CT molecular complexity index is 549. The van der Waals surface area contributed by atoms with Crippen molar-refractivity contribution in [1.29, 1.82) is 0 Å². The van der Waals surface area contributed by atoms with Crippen LogP contribution in [0.4, 0.5) is 5.69 Å². The fraction of sp³-hybridized carbons (Fsp3) is 0.267. The number of carbonyl (C=O) groups excluding carboxylic acids is 1. The van der Waals surface area contributed by atoms with E-state index in [2.05, 4.69) is 27.5 Å². The summed E-state index contributed by atoms with van der Waals surface area (Å²) >= 11 is 1.69. The van der Waals surface area contributed by atoms with Crippen LogP contribution in [0.1, 0.15) is 28.4 Å². The molecule has 1 heterocycles. The normalized spacial score (nSPS) is 10.2. The molecule has 0 unspecified atom stereocenters. The highest BCUT2D eigenvalue weighted by Gasteiger charge is 2.07. The summed E-state index contributed by atoms with van der Waals surface area (Å²) in [5.74, 6) is -0.0268. The van der Waals surface area contributed by atoms with E-state index in [-0.39, 0.29) is 5.91 Å². The van der Waals surface area contributed by atoms with Gasteiger partial charge in [0.25, 0.3) is 5.91 Å². The molecule has 1 amide bonds. The third-order valence-electron chi connectivity index (χ3n) is 2.90. The molecule has 0 fully saturated rings. The number of rotatable bonds is 5. The van der Waals surface area contributed by atoms with Crippen LogP contribution in [-0.4, -0.2) is 12.5 Å². The number of thiophene rings is 1. The third kappa shape index (κ3) is 3.58. The van der Waals surface area contributed by atoms with Gasteiger partial charge in [-0.3, -0.25) is 4.79 Å². The molecule has 4 heteroatoms. The number of carbonyl (C=O) groups is 1. The average Bonchev–Trinajstić information content (AvgIpc) is 2.91. The van der Waals surface area contributed by atoms with Gasteiger partial charge in [0.15, 0.2) is 0 Å². The molecule has 0 saturated carbocycles. The Hall–Kier alpha value is -1.81. The molecule has 0 spiro atoms. The number of hydrogen-bond donors (Lipinski definition) is 2. The zero-order valence-corrected chi connectivity index (χ0v) is 12.0. The zero-order valence-electron chi connectivity index (χ0n) is 11.2. The first kappa shape index (κ1) is 13.6. The molecule has 2 aromatic rings. The van der Waals surface area contributed by atoms with Crippen LogP contribution in [0.15, 0.2) is 35.0 Å². The second-order valence-corrected chi connectivity index (χ2v) is 5.15. The second kappa shape index (κ2) is 6.38. The van der Waals surface area contributed by atoms with Crippen LogP contribution in [0.2, 0.25) is 0 Å². The van der Waals surface area contributed by atoms with Crippen LogP contribution in [0.3, 0.4) is 0 Å². The Morgan fingerprint density at radius 1 is 1.32 bits per heavy atom. The van der Waals surface area contributed by atoms with Gasteiger partial charge < -0.3 is 10.6 Å². The number of hydrogen-bond acceptors (Lipinski definition) is 3. The highest BCUT2D eigenvalue weighted by Crippen LogP contribution is 2.18. The lowest BCUT2D eigenvalue weighted by Gasteiger charge is -2.11. The maximum atomic E-state index is 11.8. The first-order valence-corrected chi connectivity index (χ1v) is 7.28. The minimum atomic E-state index is -0.0268. The molecular formula is C15H18N2OS. The van der Waals surface area contributed by atoms with Crippen LogP contribution in [0, 0.1) is 6.92 Å². The monoisotopic (exact) mass is 274 g/mol. The summed E-state index contributed by atoms with van der Waals surface area (Å²) in [7, 11) is 0. The quantitative estimate of drug-likeness (QED) is 0.877. The zero-order chi connectivity index (χ0) is 13.7. The fourth-order valence-electron chi connectivity index (χ4n) is 1.81. The summed E-state index contributed by atoms with van der Waals surface area (Å²) in [6.07, 6.45) is 0. The molecule has 0 atom stereocenters. The molecule has 1 aromatic carbocycles. The number of amides is 1. The van der Waals surface area contributed by atoms with E-state index in [1.165, 1.54) is 5.56 Å². The predicted molar refractivity (Wildman–Crippen MR) is 80.8 cm³/mol. The molecule has 2 N–H and O–H groups in total. The molecule has 0 aliphatic heterocycles. The smallest absolute Gasteiger partial charge is 0.251 e. The summed E-state index contributed by atoms with van der Waals surface area (Å²) in [4.78, 5) is 11.8. The van der Waals surface area contributed by atoms with Crippen molar-refractivity contribution < 1.29 is 4.79 Å². The topological polar surface area (TPSA) is 41.1 Å². The van der Waals surface area contributed by atoms with Crippen molar-refractivity contribution in [2.24, 2.45) is 0 Å². The van der Waals surface area contributed by atoms with E-state index in [0.717, 1.165) is 17.8 Å². The SMILES string of the molecule is CCNC(=O)c1ccc(C)c(NCc2ccsc2)c1. The number of anilines is 1. The molecule has 0 aliphatic rings. The van der Waals surface area contributed by atoms with E-state index in [1.54, 1.807) is 11.3 Å². The summed E-state index contributed by atoms with van der Waals surface area (Å²) in [5.41, 5.74) is 4.10. The molecule has 0 aliphatic carbocycles. The average molecular weight is 274 g/mol. The molecule has 2 rings (SSSR count). The summed E-state index contributed by atoms with van der Waals surface area (Å²) in [6.45, 7) is 5.38. The molecule has 19 heavy (non-hydrogen) atoms. The van der Waals surface area contributed by atoms with Crippen LogP contribution in [-0.2, 0) is 6.54 Å². The van der Waals surface area contributed by atoms with Gasteiger partial charge in [-0.15, -0.1) is 0 Å². The first-order chi connectivity index (χ1) is 9.20. The number of aryl methyl sites for hydroxylation is 1. The van der Waals surface area contributed by atoms with Crippen molar-refractivity contribution in [2.45, 2.75) is 20.4 Å². The maximum absolute atomic E-state index is 11.8. The lowest BCUT2D eigenvalue weighted by molar-refractivity contribution is 0.0956. The molecule has 0 saturated heterocycles. The Balaban J connectivity index is 2.10. The standard InChI is InChI=1S/C15H18N2OS/c1-3-16-15(18)13-5-4-11(2)14(8-13)17-9-12-6-7-19-10-12/h4-8,10,17H,3,9H2,1-2H3,(H,16,18). The Morgan fingerprint density at radius 2 is 2.16 bits per heavy atom. The van der Waals surface area contributed by atoms with E-state index in [0.29, 0.717) is 12.1 Å². The van der Waals surface area contributed by atoms with Gasteiger partial charge in [0.1, 0.15) is 0 Å². The maximum Gasteiger partial charge on any atom is 0.251 e. The van der Waals surface area contributed by atoms with Gasteiger partial charge in [-0.1, -0.05) is 6.07 Å². The molecule has 1 aromatic heterocycles. The highest BCUT2D eigenvalue weighted by atomic mass is 32.1. The number of nitrogens with one attached hydrogen (secondary N) is 2. The molecule has 100 valence electrons. The van der Waals surface area contributed by atoms with Gasteiger partial charge >= 0.3 is 0 Å². The Morgan fingerprint density at radius 3 is 2.84 bits per heavy atom. The van der Waals surface area contributed by atoms with E-state index in [4.69, 9.17) is 0 Å². The van der Waals surface area contributed by atoms with Gasteiger partial charge in [0.05, 0.1) is 0 Å². The van der Waals surface area contributed by atoms with Crippen molar-refractivity contribution in [1.82, 2.24) is 5.32 Å². The molecular weight excluding hydrogens is 256 g/mol. The van der Waals surface area contributed by atoms with Gasteiger partial charge in [-0.25, -0.2) is 0 Å². The van der Waals surface area contributed by atoms with E-state index >= 15 is 0 Å². The minimum absolute atomic E-state index is 0.0268. The van der Waals surface area contributed by atoms with Crippen LogP contribution in [0.5, 0.6) is 0 Å². The van der Waals surface area contributed by atoms with Crippen molar-refractivity contribution in [3.05, 3.63) is 51.7 Å². The van der Waals surface area contributed by atoms with Crippen molar-refractivity contribution in [2.75, 3.05) is 11.9 Å². The van der Waals surface area contributed by atoms with E-state index in [9.17, 15) is 4.79 Å². The third-order valence-corrected chi connectivity index (χ3v) is 3.63. The first-order valence-electron chi connectivity index (χ1n) is 6.34.